The van der Waals surface area contributed by atoms with Gasteiger partial charge in [0.15, 0.2) is 0 Å². The minimum Gasteiger partial charge on any atom is -0.533 e. The zero-order valence-corrected chi connectivity index (χ0v) is 15.4. The van der Waals surface area contributed by atoms with Crippen molar-refractivity contribution in [2.45, 2.75) is 0 Å². The van der Waals surface area contributed by atoms with Crippen LogP contribution in [0.5, 0.6) is 0 Å². The van der Waals surface area contributed by atoms with Gasteiger partial charge >= 0.3 is 0 Å². The number of nitrogens with zero attached hydrogens (tertiary/aromatic N) is 8. The van der Waals surface area contributed by atoms with Gasteiger partial charge in [0.25, 0.3) is 0 Å². The Labute approximate surface area is 180 Å². The van der Waals surface area contributed by atoms with Crippen molar-refractivity contribution in [2.75, 3.05) is 0 Å². The first-order valence-corrected chi connectivity index (χ1v) is 4.12. The molecule has 28 nitrogen and oxygen atoms in total. The van der Waals surface area contributed by atoms with Gasteiger partial charge in [-0.25, -0.2) is 0 Å². The van der Waals surface area contributed by atoms with Crippen LogP contribution in [0.4, 0.5) is 0 Å². The zero-order valence-electron chi connectivity index (χ0n) is 12.6. The first-order chi connectivity index (χ1) is 12.0. The van der Waals surface area contributed by atoms with Crippen LogP contribution in [-0.4, -0.2) is 51.3 Å². The van der Waals surface area contributed by atoms with Gasteiger partial charge in [0.2, 0.25) is 10.6 Å². The molecule has 30 heteroatoms. The van der Waals surface area contributed by atoms with E-state index >= 15 is 0 Å². The van der Waals surface area contributed by atoms with Gasteiger partial charge in [-0.2, -0.15) is 0 Å². The second-order valence-corrected chi connectivity index (χ2v) is 2.08. The summed E-state index contributed by atoms with van der Waals surface area (Å²) in [6, 6.07) is 0. The summed E-state index contributed by atoms with van der Waals surface area (Å²) < 4.78 is 0. The summed E-state index contributed by atoms with van der Waals surface area (Å²) in [4.78, 5) is 50.5. The minimum atomic E-state index is -3.11. The summed E-state index contributed by atoms with van der Waals surface area (Å²) in [5, 5.41) is 103. The quantitative estimate of drug-likeness (QED) is 0.0931. The Hall–Kier alpha value is -3.19. The van der Waals surface area contributed by atoms with Gasteiger partial charge in [-0.3, -0.25) is 0 Å². The van der Waals surface area contributed by atoms with E-state index in [0.717, 1.165) is 0 Å². The third kappa shape index (κ3) is 1780. The number of quaternary nitrogens is 2. The van der Waals surface area contributed by atoms with Crippen LogP contribution < -0.4 is 0 Å². The number of hydrogen-bond donors (Lipinski definition) is 4. The van der Waals surface area contributed by atoms with E-state index in [4.69, 9.17) is 102 Å². The van der Waals surface area contributed by atoms with Crippen molar-refractivity contribution in [2.24, 2.45) is 10.6 Å². The van der Waals surface area contributed by atoms with Crippen molar-refractivity contribution in [3.8, 4) is 0 Å². The molecule has 0 rings (SSSR count). The topological polar surface area (TPSA) is 451 Å². The molecule has 0 atom stereocenters. The average Bonchev–Trinajstić information content (AvgIpc) is 2.35. The van der Waals surface area contributed by atoms with E-state index in [1.54, 1.807) is 0 Å². The van der Waals surface area contributed by atoms with Gasteiger partial charge in [-0.1, -0.05) is 9.81 Å². The van der Waals surface area contributed by atoms with Crippen LogP contribution in [0.15, 0.2) is 10.6 Å². The van der Waals surface area contributed by atoms with Gasteiger partial charge in [0, 0.05) is 36.3 Å². The van der Waals surface area contributed by atoms with Gasteiger partial charge < -0.3 is 71.7 Å². The molecule has 0 aromatic carbocycles. The molecule has 0 aliphatic heterocycles. The van der Waals surface area contributed by atoms with Gasteiger partial charge in [0.1, 0.15) is 0 Å². The molecule has 0 fully saturated rings. The molecule has 0 aromatic heterocycles. The fourth-order valence-corrected chi connectivity index (χ4v) is 0. The molecular weight excluding hydrogens is 592 g/mol. The molecule has 0 aromatic rings. The van der Waals surface area contributed by atoms with Crippen molar-refractivity contribution < 1.29 is 87.6 Å². The summed E-state index contributed by atoms with van der Waals surface area (Å²) in [6.07, 6.45) is 0. The molecular formula is H4CoN8O20Ru-4. The monoisotopic (exact) mass is 597 g/mol. The molecule has 0 saturated heterocycles. The predicted molar refractivity (Wildman–Crippen MR) is 67.4 cm³/mol. The van der Waals surface area contributed by atoms with Crippen LogP contribution in [0.1, 0.15) is 0 Å². The largest absolute Gasteiger partial charge is 0.533 e. The zero-order chi connectivity index (χ0) is 24.7. The van der Waals surface area contributed by atoms with Crippen LogP contribution in [0.3, 0.4) is 0 Å². The molecule has 0 unspecified atom stereocenters. The smallest absolute Gasteiger partial charge is 0.228 e. The summed E-state index contributed by atoms with van der Waals surface area (Å²) in [7, 11) is 0. The average molecular weight is 596 g/mol. The Bertz CT molecular complexity index is 369. The molecule has 0 aliphatic carbocycles. The van der Waals surface area contributed by atoms with E-state index in [1.807, 2.05) is 0 Å². The Kier molecular flexibility index (Phi) is 51.4. The maximum Gasteiger partial charge on any atom is 0.228 e. The Morgan fingerprint density at radius 3 is 0.567 bits per heavy atom. The van der Waals surface area contributed by atoms with E-state index < -0.39 is 30.5 Å². The van der Waals surface area contributed by atoms with Crippen molar-refractivity contribution in [1.29, 1.82) is 0 Å². The summed E-state index contributed by atoms with van der Waals surface area (Å²) >= 11 is 0. The van der Waals surface area contributed by atoms with Gasteiger partial charge in [0.05, 0.1) is 30.5 Å². The summed E-state index contributed by atoms with van der Waals surface area (Å²) in [5.74, 6) is 0. The molecule has 4 N–H and O–H groups in total. The molecule has 0 amide bonds. The van der Waals surface area contributed by atoms with Gasteiger partial charge in [-0.05, 0) is 0 Å². The number of nitroso groups, excluding NO2 is 2. The standard InChI is InChI=1S/Co.2H2N2O4.4NO3.Ru/c;2*3-1-2(4,5)6;4*2-1(3)4;/h;2*4-5H;;;;;/q;;;4*-1;. The van der Waals surface area contributed by atoms with Crippen molar-refractivity contribution in [1.82, 2.24) is 0 Å². The normalized spacial score (nSPS) is 7.67. The molecule has 0 aliphatic rings. The second kappa shape index (κ2) is 30.5. The van der Waals surface area contributed by atoms with Crippen molar-refractivity contribution >= 4 is 0 Å². The van der Waals surface area contributed by atoms with Crippen LogP contribution in [0, 0.1) is 81.5 Å². The SMILES string of the molecule is O=N[N+]([O-])(O)O.O=N[N+]([O-])(O)O.O=[N+]([O-])[O-].O=[N+]([O-])[O-].O=[N+]([O-])[O-].O=[N+]([O-])[O-].[Co].[Ru]. The van der Waals surface area contributed by atoms with Gasteiger partial charge in [-0.15, -0.1) is 20.8 Å². The van der Waals surface area contributed by atoms with E-state index in [2.05, 4.69) is 0 Å². The first-order valence-electron chi connectivity index (χ1n) is 4.12. The van der Waals surface area contributed by atoms with Crippen molar-refractivity contribution in [3.05, 3.63) is 81.5 Å². The Balaban J connectivity index is -0.0000000322. The molecule has 0 spiro atoms. The predicted octanol–water partition coefficient (Wildman–Crippen LogP) is -1.44. The maximum atomic E-state index is 9.04. The molecule has 0 saturated carbocycles. The Morgan fingerprint density at radius 2 is 0.567 bits per heavy atom. The Morgan fingerprint density at radius 1 is 0.533 bits per heavy atom. The molecule has 30 heavy (non-hydrogen) atoms. The fraction of sp³-hybridized carbons (Fsp3) is 0. The summed E-state index contributed by atoms with van der Waals surface area (Å²) in [6.45, 7) is 0. The minimum absolute atomic E-state index is 0. The maximum absolute atomic E-state index is 9.04. The van der Waals surface area contributed by atoms with E-state index in [9.17, 15) is 0 Å². The molecule has 0 heterocycles. The molecule has 1 radical (unpaired) electrons. The van der Waals surface area contributed by atoms with Crippen molar-refractivity contribution in [3.63, 3.8) is 0 Å². The molecule has 0 bridgehead atoms. The molecule has 185 valence electrons. The third-order valence-corrected chi connectivity index (χ3v) is 0.213. The summed E-state index contributed by atoms with van der Waals surface area (Å²) in [5.41, 5.74) is 0. The van der Waals surface area contributed by atoms with Crippen LogP contribution in [-0.2, 0) is 36.3 Å². The first kappa shape index (κ1) is 50.5. The third-order valence-electron chi connectivity index (χ3n) is 0.213. The van der Waals surface area contributed by atoms with Crippen LogP contribution in [0.2, 0.25) is 0 Å². The van der Waals surface area contributed by atoms with E-state index in [0.29, 0.717) is 0 Å². The number of hydrogen-bond acceptors (Lipinski definition) is 22. The fourth-order valence-electron chi connectivity index (χ4n) is 0. The number of rotatable bonds is 2. The second-order valence-electron chi connectivity index (χ2n) is 2.08. The van der Waals surface area contributed by atoms with E-state index in [1.165, 1.54) is 10.6 Å². The van der Waals surface area contributed by atoms with Crippen LogP contribution >= 0.6 is 0 Å². The van der Waals surface area contributed by atoms with Crippen LogP contribution in [0.25, 0.3) is 0 Å². The van der Waals surface area contributed by atoms with E-state index in [-0.39, 0.29) is 36.3 Å².